The van der Waals surface area contributed by atoms with Crippen LogP contribution < -0.4 is 5.32 Å². The van der Waals surface area contributed by atoms with E-state index in [0.29, 0.717) is 79.2 Å². The van der Waals surface area contributed by atoms with Gasteiger partial charge in [-0.1, -0.05) is 27.7 Å². The number of rotatable bonds is 22. The summed E-state index contributed by atoms with van der Waals surface area (Å²) < 4.78 is 32.1. The van der Waals surface area contributed by atoms with Gasteiger partial charge in [-0.2, -0.15) is 0 Å². The van der Waals surface area contributed by atoms with Crippen molar-refractivity contribution in [2.75, 3.05) is 85.8 Å². The molecule has 0 aliphatic rings. The Labute approximate surface area is 181 Å². The fraction of sp³-hybridized carbons (Fsp3) is 0.905. The third-order valence-electron chi connectivity index (χ3n) is 3.82. The van der Waals surface area contributed by atoms with E-state index in [1.54, 1.807) is 0 Å². The third-order valence-corrected chi connectivity index (χ3v) is 3.82. The first-order chi connectivity index (χ1) is 14.4. The highest BCUT2D eigenvalue weighted by atomic mass is 16.6. The van der Waals surface area contributed by atoms with E-state index in [1.807, 2.05) is 27.7 Å². The lowest BCUT2D eigenvalue weighted by Gasteiger charge is -2.09. The molecule has 9 nitrogen and oxygen atoms in total. The highest BCUT2D eigenvalue weighted by molar-refractivity contribution is 5.81. The number of Topliss-reactive ketones (excluding diaryl/α,β-unsaturated/α-hetero) is 1. The first-order valence-corrected chi connectivity index (χ1v) is 10.7. The van der Waals surface area contributed by atoms with E-state index >= 15 is 0 Å². The number of ketones is 1. The van der Waals surface area contributed by atoms with Crippen molar-refractivity contribution in [3.05, 3.63) is 0 Å². The summed E-state index contributed by atoms with van der Waals surface area (Å²) in [5.41, 5.74) is 0. The lowest BCUT2D eigenvalue weighted by atomic mass is 10.1. The van der Waals surface area contributed by atoms with Crippen LogP contribution >= 0.6 is 0 Å². The van der Waals surface area contributed by atoms with Crippen LogP contribution in [0.3, 0.4) is 0 Å². The fourth-order valence-electron chi connectivity index (χ4n) is 1.89. The van der Waals surface area contributed by atoms with Crippen LogP contribution in [0.15, 0.2) is 0 Å². The molecule has 0 heterocycles. The first kappa shape index (κ1) is 28.9. The van der Waals surface area contributed by atoms with Gasteiger partial charge in [-0.05, 0) is 0 Å². The normalized spacial score (nSPS) is 11.4. The van der Waals surface area contributed by atoms with Crippen molar-refractivity contribution in [3.8, 4) is 0 Å². The van der Waals surface area contributed by atoms with Gasteiger partial charge in [0, 0.05) is 18.4 Å². The maximum Gasteiger partial charge on any atom is 0.222 e. The summed E-state index contributed by atoms with van der Waals surface area (Å²) in [6.07, 6.45) is 0. The number of nitrogens with one attached hydrogen (secondary N) is 1. The highest BCUT2D eigenvalue weighted by Crippen LogP contribution is 1.94. The smallest absolute Gasteiger partial charge is 0.222 e. The topological polar surface area (TPSA) is 102 Å². The molecule has 0 aromatic rings. The Morgan fingerprint density at radius 2 is 0.933 bits per heavy atom. The number of carbonyl (C=O) groups excluding carboxylic acids is 2. The number of hydrogen-bond acceptors (Lipinski definition) is 8. The SMILES string of the molecule is CC(C)C(=O)COCCOCCOCCOCCOCCOCCNC(=O)C(C)C. The van der Waals surface area contributed by atoms with Crippen LogP contribution in [0.25, 0.3) is 0 Å². The molecule has 1 N–H and O–H groups in total. The zero-order chi connectivity index (χ0) is 22.5. The number of hydrogen-bond donors (Lipinski definition) is 1. The average molecular weight is 436 g/mol. The Kier molecular flexibility index (Phi) is 20.4. The average Bonchev–Trinajstić information content (AvgIpc) is 2.71. The zero-order valence-electron chi connectivity index (χ0n) is 19.1. The van der Waals surface area contributed by atoms with Crippen molar-refractivity contribution in [3.63, 3.8) is 0 Å². The number of ether oxygens (including phenoxy) is 6. The minimum atomic E-state index is -0.00882. The molecule has 0 atom stereocenters. The maximum absolute atomic E-state index is 11.3. The predicted molar refractivity (Wildman–Crippen MR) is 113 cm³/mol. The van der Waals surface area contributed by atoms with Crippen LogP contribution in [0.5, 0.6) is 0 Å². The Bertz CT molecular complexity index is 380. The molecule has 0 aromatic carbocycles. The molecule has 0 bridgehead atoms. The van der Waals surface area contributed by atoms with Gasteiger partial charge in [0.1, 0.15) is 6.61 Å². The zero-order valence-corrected chi connectivity index (χ0v) is 19.1. The minimum Gasteiger partial charge on any atom is -0.377 e. The summed E-state index contributed by atoms with van der Waals surface area (Å²) in [5.74, 6) is 0.124. The van der Waals surface area contributed by atoms with Gasteiger partial charge in [0.15, 0.2) is 5.78 Å². The van der Waals surface area contributed by atoms with E-state index < -0.39 is 0 Å². The molecule has 0 unspecified atom stereocenters. The second kappa shape index (κ2) is 21.1. The fourth-order valence-corrected chi connectivity index (χ4v) is 1.89. The summed E-state index contributed by atoms with van der Waals surface area (Å²) in [5, 5.41) is 2.78. The Balaban J connectivity index is 3.11. The maximum atomic E-state index is 11.3. The number of amides is 1. The summed E-state index contributed by atoms with van der Waals surface area (Å²) in [7, 11) is 0. The molecular formula is C21H41NO8. The molecule has 0 rings (SSSR count). The monoisotopic (exact) mass is 435 g/mol. The lowest BCUT2D eigenvalue weighted by molar-refractivity contribution is -0.127. The van der Waals surface area contributed by atoms with Crippen molar-refractivity contribution in [1.29, 1.82) is 0 Å². The molecule has 0 fully saturated rings. The van der Waals surface area contributed by atoms with Gasteiger partial charge in [0.25, 0.3) is 0 Å². The van der Waals surface area contributed by atoms with Gasteiger partial charge in [0.05, 0.1) is 72.7 Å². The van der Waals surface area contributed by atoms with Gasteiger partial charge < -0.3 is 33.7 Å². The van der Waals surface area contributed by atoms with Gasteiger partial charge in [-0.3, -0.25) is 9.59 Å². The Hall–Kier alpha value is -1.10. The lowest BCUT2D eigenvalue weighted by Crippen LogP contribution is -2.31. The molecular weight excluding hydrogens is 394 g/mol. The summed E-state index contributed by atoms with van der Waals surface area (Å²) in [6.45, 7) is 13.3. The van der Waals surface area contributed by atoms with Gasteiger partial charge in [0.2, 0.25) is 5.91 Å². The molecule has 30 heavy (non-hydrogen) atoms. The summed E-state index contributed by atoms with van der Waals surface area (Å²) in [4.78, 5) is 22.7. The van der Waals surface area contributed by atoms with Crippen LogP contribution in [-0.2, 0) is 38.0 Å². The molecule has 0 radical (unpaired) electrons. The molecule has 9 heteroatoms. The van der Waals surface area contributed by atoms with E-state index in [-0.39, 0.29) is 30.1 Å². The van der Waals surface area contributed by atoms with Crippen LogP contribution in [-0.4, -0.2) is 97.5 Å². The van der Waals surface area contributed by atoms with Crippen molar-refractivity contribution < 1.29 is 38.0 Å². The van der Waals surface area contributed by atoms with Crippen molar-refractivity contribution in [2.24, 2.45) is 11.8 Å². The molecule has 0 saturated heterocycles. The van der Waals surface area contributed by atoms with E-state index in [2.05, 4.69) is 5.32 Å². The molecule has 0 saturated carbocycles. The van der Waals surface area contributed by atoms with Crippen molar-refractivity contribution in [2.45, 2.75) is 27.7 Å². The van der Waals surface area contributed by atoms with Gasteiger partial charge in [-0.25, -0.2) is 0 Å². The van der Waals surface area contributed by atoms with Crippen LogP contribution in [0.4, 0.5) is 0 Å². The second-order valence-electron chi connectivity index (χ2n) is 7.18. The Morgan fingerprint density at radius 1 is 0.567 bits per heavy atom. The molecule has 0 aromatic heterocycles. The van der Waals surface area contributed by atoms with E-state index in [0.717, 1.165) is 0 Å². The summed E-state index contributed by atoms with van der Waals surface area (Å²) in [6, 6.07) is 0. The van der Waals surface area contributed by atoms with Crippen LogP contribution in [0, 0.1) is 11.8 Å². The van der Waals surface area contributed by atoms with E-state index in [1.165, 1.54) is 0 Å². The molecule has 0 aliphatic heterocycles. The quantitative estimate of drug-likeness (QED) is 0.252. The Morgan fingerprint density at radius 3 is 1.30 bits per heavy atom. The van der Waals surface area contributed by atoms with E-state index in [9.17, 15) is 9.59 Å². The molecule has 0 aliphatic carbocycles. The van der Waals surface area contributed by atoms with E-state index in [4.69, 9.17) is 28.4 Å². The van der Waals surface area contributed by atoms with Gasteiger partial charge in [-0.15, -0.1) is 0 Å². The minimum absolute atomic E-state index is 0.00295. The summed E-state index contributed by atoms with van der Waals surface area (Å²) >= 11 is 0. The molecule has 1 amide bonds. The highest BCUT2D eigenvalue weighted by Gasteiger charge is 2.06. The van der Waals surface area contributed by atoms with Crippen LogP contribution in [0.1, 0.15) is 27.7 Å². The van der Waals surface area contributed by atoms with Crippen molar-refractivity contribution >= 4 is 11.7 Å². The molecule has 0 spiro atoms. The number of carbonyl (C=O) groups is 2. The molecule has 178 valence electrons. The first-order valence-electron chi connectivity index (χ1n) is 10.7. The predicted octanol–water partition coefficient (Wildman–Crippen LogP) is 1.08. The largest absolute Gasteiger partial charge is 0.377 e. The van der Waals surface area contributed by atoms with Gasteiger partial charge >= 0.3 is 0 Å². The second-order valence-corrected chi connectivity index (χ2v) is 7.18. The standard InChI is InChI=1S/C21H41NO8/c1-18(2)20(23)17-30-16-15-29-14-13-28-12-11-27-10-9-26-8-7-25-6-5-22-21(24)19(3)4/h18-19H,5-17H2,1-4H3,(H,22,24). The third kappa shape index (κ3) is 20.2. The van der Waals surface area contributed by atoms with Crippen LogP contribution in [0.2, 0.25) is 0 Å². The van der Waals surface area contributed by atoms with Crippen molar-refractivity contribution in [1.82, 2.24) is 5.32 Å².